The van der Waals surface area contributed by atoms with Crippen LogP contribution in [-0.4, -0.2) is 19.5 Å². The van der Waals surface area contributed by atoms with Crippen LogP contribution in [0.1, 0.15) is 17.3 Å². The van der Waals surface area contributed by atoms with Crippen molar-refractivity contribution in [3.63, 3.8) is 0 Å². The standard InChI is InChI=1S/C10H9ClF2O3/c1-2-15-9-4-8(16-10(12)13)6(5-14)3-7(9)11/h3-5,10H,2H2,1H3. The fourth-order valence-electron chi connectivity index (χ4n) is 1.11. The fourth-order valence-corrected chi connectivity index (χ4v) is 1.33. The van der Waals surface area contributed by atoms with E-state index in [2.05, 4.69) is 4.74 Å². The van der Waals surface area contributed by atoms with E-state index in [-0.39, 0.29) is 22.1 Å². The molecule has 0 atom stereocenters. The molecule has 0 radical (unpaired) electrons. The Balaban J connectivity index is 3.12. The summed E-state index contributed by atoms with van der Waals surface area (Å²) in [5, 5.41) is 0.172. The molecule has 0 bridgehead atoms. The zero-order valence-electron chi connectivity index (χ0n) is 8.38. The van der Waals surface area contributed by atoms with Crippen molar-refractivity contribution in [1.82, 2.24) is 0 Å². The molecule has 0 saturated heterocycles. The summed E-state index contributed by atoms with van der Waals surface area (Å²) in [4.78, 5) is 10.6. The molecule has 16 heavy (non-hydrogen) atoms. The monoisotopic (exact) mass is 250 g/mol. The molecule has 0 heterocycles. The van der Waals surface area contributed by atoms with Gasteiger partial charge in [0.1, 0.15) is 11.5 Å². The first-order valence-corrected chi connectivity index (χ1v) is 4.82. The van der Waals surface area contributed by atoms with Gasteiger partial charge in [0.15, 0.2) is 6.29 Å². The Morgan fingerprint density at radius 1 is 1.44 bits per heavy atom. The van der Waals surface area contributed by atoms with Crippen molar-refractivity contribution in [2.45, 2.75) is 13.5 Å². The number of benzene rings is 1. The van der Waals surface area contributed by atoms with Crippen molar-refractivity contribution in [1.29, 1.82) is 0 Å². The fraction of sp³-hybridized carbons (Fsp3) is 0.300. The first-order valence-electron chi connectivity index (χ1n) is 4.44. The lowest BCUT2D eigenvalue weighted by Crippen LogP contribution is -2.05. The molecular weight excluding hydrogens is 242 g/mol. The second kappa shape index (κ2) is 5.65. The molecule has 3 nitrogen and oxygen atoms in total. The molecule has 1 aromatic carbocycles. The SMILES string of the molecule is CCOc1cc(OC(F)F)c(C=O)cc1Cl. The van der Waals surface area contributed by atoms with Crippen LogP contribution < -0.4 is 9.47 Å². The zero-order valence-corrected chi connectivity index (χ0v) is 9.13. The summed E-state index contributed by atoms with van der Waals surface area (Å²) in [6, 6.07) is 2.39. The van der Waals surface area contributed by atoms with Gasteiger partial charge < -0.3 is 9.47 Å². The second-order valence-electron chi connectivity index (χ2n) is 2.75. The number of carbonyl (C=O) groups excluding carboxylic acids is 1. The molecule has 0 fully saturated rings. The molecule has 1 aromatic rings. The van der Waals surface area contributed by atoms with Crippen LogP contribution in [0.2, 0.25) is 5.02 Å². The maximum absolute atomic E-state index is 12.0. The van der Waals surface area contributed by atoms with E-state index < -0.39 is 6.61 Å². The minimum Gasteiger partial charge on any atom is -0.492 e. The molecule has 0 saturated carbocycles. The average molecular weight is 251 g/mol. The van der Waals surface area contributed by atoms with Crippen molar-refractivity contribution in [2.24, 2.45) is 0 Å². The Labute approximate surface area is 95.9 Å². The van der Waals surface area contributed by atoms with Crippen LogP contribution in [0.5, 0.6) is 11.5 Å². The van der Waals surface area contributed by atoms with Gasteiger partial charge in [0.05, 0.1) is 17.2 Å². The summed E-state index contributed by atoms with van der Waals surface area (Å²) in [5.74, 6) is -0.0525. The molecule has 0 aliphatic heterocycles. The lowest BCUT2D eigenvalue weighted by Gasteiger charge is -2.11. The van der Waals surface area contributed by atoms with Crippen molar-refractivity contribution < 1.29 is 23.0 Å². The number of carbonyl (C=O) groups is 1. The molecular formula is C10H9ClF2O3. The van der Waals surface area contributed by atoms with Crippen LogP contribution in [0.15, 0.2) is 12.1 Å². The van der Waals surface area contributed by atoms with Crippen molar-refractivity contribution in [3.05, 3.63) is 22.7 Å². The molecule has 0 aromatic heterocycles. The number of alkyl halides is 2. The third kappa shape index (κ3) is 3.06. The number of hydrogen-bond acceptors (Lipinski definition) is 3. The first kappa shape index (κ1) is 12.7. The van der Waals surface area contributed by atoms with E-state index in [4.69, 9.17) is 16.3 Å². The lowest BCUT2D eigenvalue weighted by atomic mass is 10.2. The van der Waals surface area contributed by atoms with Gasteiger partial charge in [-0.25, -0.2) is 0 Å². The maximum Gasteiger partial charge on any atom is 0.387 e. The molecule has 6 heteroatoms. The number of hydrogen-bond donors (Lipinski definition) is 0. The highest BCUT2D eigenvalue weighted by atomic mass is 35.5. The first-order chi connectivity index (χ1) is 7.58. The van der Waals surface area contributed by atoms with Gasteiger partial charge in [-0.1, -0.05) is 11.6 Å². The van der Waals surface area contributed by atoms with Crippen LogP contribution in [0.25, 0.3) is 0 Å². The van der Waals surface area contributed by atoms with E-state index in [1.54, 1.807) is 6.92 Å². The van der Waals surface area contributed by atoms with Gasteiger partial charge >= 0.3 is 6.61 Å². The third-order valence-electron chi connectivity index (χ3n) is 1.71. The van der Waals surface area contributed by atoms with Crippen molar-refractivity contribution >= 4 is 17.9 Å². The topological polar surface area (TPSA) is 35.5 Å². The van der Waals surface area contributed by atoms with E-state index in [1.807, 2.05) is 0 Å². The average Bonchev–Trinajstić information content (AvgIpc) is 2.22. The van der Waals surface area contributed by atoms with Crippen molar-refractivity contribution in [3.8, 4) is 11.5 Å². The Morgan fingerprint density at radius 3 is 2.62 bits per heavy atom. The highest BCUT2D eigenvalue weighted by Crippen LogP contribution is 2.32. The van der Waals surface area contributed by atoms with Gasteiger partial charge in [-0.05, 0) is 13.0 Å². The number of aldehydes is 1. The third-order valence-corrected chi connectivity index (χ3v) is 2.00. The highest BCUT2D eigenvalue weighted by molar-refractivity contribution is 6.32. The largest absolute Gasteiger partial charge is 0.492 e. The number of halogens is 3. The Hall–Kier alpha value is -1.36. The summed E-state index contributed by atoms with van der Waals surface area (Å²) in [7, 11) is 0. The van der Waals surface area contributed by atoms with Crippen LogP contribution in [0.4, 0.5) is 8.78 Å². The Bertz CT molecular complexity index is 383. The molecule has 0 aliphatic carbocycles. The van der Waals surface area contributed by atoms with Crippen molar-refractivity contribution in [2.75, 3.05) is 6.61 Å². The molecule has 0 amide bonds. The molecule has 1 rings (SSSR count). The predicted octanol–water partition coefficient (Wildman–Crippen LogP) is 3.15. The van der Waals surface area contributed by atoms with Gasteiger partial charge in [0.2, 0.25) is 0 Å². The summed E-state index contributed by atoms with van der Waals surface area (Å²) >= 11 is 5.77. The van der Waals surface area contributed by atoms with E-state index in [9.17, 15) is 13.6 Å². The van der Waals surface area contributed by atoms with Crippen LogP contribution in [0.3, 0.4) is 0 Å². The summed E-state index contributed by atoms with van der Waals surface area (Å²) < 4.78 is 33.3. The Morgan fingerprint density at radius 2 is 2.12 bits per heavy atom. The minimum atomic E-state index is -3.01. The Kier molecular flexibility index (Phi) is 4.49. The summed E-state index contributed by atoms with van der Waals surface area (Å²) in [6.45, 7) is -0.958. The lowest BCUT2D eigenvalue weighted by molar-refractivity contribution is -0.0501. The minimum absolute atomic E-state index is 0.0475. The molecule has 0 spiro atoms. The maximum atomic E-state index is 12.0. The zero-order chi connectivity index (χ0) is 12.1. The van der Waals surface area contributed by atoms with Gasteiger partial charge in [-0.15, -0.1) is 0 Å². The smallest absolute Gasteiger partial charge is 0.387 e. The second-order valence-corrected chi connectivity index (χ2v) is 3.16. The quantitative estimate of drug-likeness (QED) is 0.753. The molecule has 0 unspecified atom stereocenters. The van der Waals surface area contributed by atoms with E-state index >= 15 is 0 Å². The number of ether oxygens (including phenoxy) is 2. The highest BCUT2D eigenvalue weighted by Gasteiger charge is 2.13. The van der Waals surface area contributed by atoms with Crippen LogP contribution >= 0.6 is 11.6 Å². The van der Waals surface area contributed by atoms with Crippen LogP contribution in [-0.2, 0) is 0 Å². The molecule has 0 aliphatic rings. The summed E-state index contributed by atoms with van der Waals surface area (Å²) in [5.41, 5.74) is -0.0475. The van der Waals surface area contributed by atoms with E-state index in [0.717, 1.165) is 0 Å². The van der Waals surface area contributed by atoms with E-state index in [1.165, 1.54) is 12.1 Å². The van der Waals surface area contributed by atoms with Crippen LogP contribution in [0, 0.1) is 0 Å². The number of rotatable bonds is 5. The van der Waals surface area contributed by atoms with Gasteiger partial charge in [-0.2, -0.15) is 8.78 Å². The van der Waals surface area contributed by atoms with E-state index in [0.29, 0.717) is 12.9 Å². The predicted molar refractivity (Wildman–Crippen MR) is 54.6 cm³/mol. The summed E-state index contributed by atoms with van der Waals surface area (Å²) in [6.07, 6.45) is 0.388. The molecule has 0 N–H and O–H groups in total. The van der Waals surface area contributed by atoms with Gasteiger partial charge in [0, 0.05) is 6.07 Å². The normalized spacial score (nSPS) is 10.3. The molecule has 88 valence electrons. The van der Waals surface area contributed by atoms with Gasteiger partial charge in [-0.3, -0.25) is 4.79 Å². The van der Waals surface area contributed by atoms with Gasteiger partial charge in [0.25, 0.3) is 0 Å².